The van der Waals surface area contributed by atoms with Gasteiger partial charge >= 0.3 is 12.0 Å². The molecule has 116 valence electrons. The number of hydrogen-bond acceptors (Lipinski definition) is 4. The van der Waals surface area contributed by atoms with Gasteiger partial charge in [0, 0.05) is 19.5 Å². The van der Waals surface area contributed by atoms with Crippen LogP contribution in [-0.2, 0) is 9.59 Å². The Morgan fingerprint density at radius 1 is 1.15 bits per heavy atom. The van der Waals surface area contributed by atoms with Gasteiger partial charge in [-0.3, -0.25) is 14.9 Å². The van der Waals surface area contributed by atoms with Crippen LogP contribution in [0.5, 0.6) is 0 Å². The van der Waals surface area contributed by atoms with Crippen molar-refractivity contribution in [1.29, 1.82) is 0 Å². The smallest absolute Gasteiger partial charge is 0.321 e. The van der Waals surface area contributed by atoms with Gasteiger partial charge in [0.1, 0.15) is 0 Å². The van der Waals surface area contributed by atoms with E-state index in [1.54, 1.807) is 0 Å². The lowest BCUT2D eigenvalue weighted by molar-refractivity contribution is -0.149. The molecule has 0 atom stereocenters. The second kappa shape index (κ2) is 8.52. The van der Waals surface area contributed by atoms with Gasteiger partial charge in [0.15, 0.2) is 0 Å². The first-order chi connectivity index (χ1) is 9.22. The fourth-order valence-electron chi connectivity index (χ4n) is 1.56. The number of hydrogen-bond donors (Lipinski definition) is 3. The molecule has 0 aromatic rings. The van der Waals surface area contributed by atoms with Crippen molar-refractivity contribution in [2.24, 2.45) is 5.41 Å². The van der Waals surface area contributed by atoms with Crippen LogP contribution < -0.4 is 10.6 Å². The molecular formula is C13H25N3O4. The highest BCUT2D eigenvalue weighted by atomic mass is 16.4. The third-order valence-electron chi connectivity index (χ3n) is 3.04. The van der Waals surface area contributed by atoms with Crippen LogP contribution in [0.2, 0.25) is 0 Å². The molecule has 0 aliphatic rings. The number of amides is 3. The van der Waals surface area contributed by atoms with E-state index in [4.69, 9.17) is 5.11 Å². The van der Waals surface area contributed by atoms with Crippen LogP contribution in [0.25, 0.3) is 0 Å². The maximum Gasteiger partial charge on any atom is 0.321 e. The molecule has 0 aromatic heterocycles. The molecule has 0 radical (unpaired) electrons. The Balaban J connectivity index is 4.03. The van der Waals surface area contributed by atoms with E-state index in [0.29, 0.717) is 13.1 Å². The van der Waals surface area contributed by atoms with Crippen molar-refractivity contribution in [3.8, 4) is 0 Å². The highest BCUT2D eigenvalue weighted by molar-refractivity contribution is 5.96. The number of likely N-dealkylation sites (N-methyl/N-ethyl adjacent to an activating group) is 1. The molecule has 0 unspecified atom stereocenters. The zero-order chi connectivity index (χ0) is 15.8. The van der Waals surface area contributed by atoms with E-state index in [1.165, 1.54) is 13.8 Å². The average molecular weight is 287 g/mol. The van der Waals surface area contributed by atoms with Crippen LogP contribution in [0.1, 0.15) is 34.1 Å². The van der Waals surface area contributed by atoms with Gasteiger partial charge in [-0.2, -0.15) is 0 Å². The highest BCUT2D eigenvalue weighted by Gasteiger charge is 2.30. The number of aliphatic carboxylic acids is 1. The molecule has 0 fully saturated rings. The van der Waals surface area contributed by atoms with Gasteiger partial charge in [-0.15, -0.1) is 0 Å². The summed E-state index contributed by atoms with van der Waals surface area (Å²) in [5.74, 6) is -1.67. The van der Waals surface area contributed by atoms with Crippen LogP contribution in [0.15, 0.2) is 0 Å². The van der Waals surface area contributed by atoms with Crippen molar-refractivity contribution in [2.75, 3.05) is 26.2 Å². The van der Waals surface area contributed by atoms with E-state index >= 15 is 0 Å². The summed E-state index contributed by atoms with van der Waals surface area (Å²) in [6, 6.07) is -0.594. The number of nitrogens with one attached hydrogen (secondary N) is 2. The Hall–Kier alpha value is -1.63. The second-order valence-electron chi connectivity index (χ2n) is 5.20. The molecule has 7 nitrogen and oxygen atoms in total. The monoisotopic (exact) mass is 287 g/mol. The number of rotatable bonds is 8. The van der Waals surface area contributed by atoms with Crippen molar-refractivity contribution < 1.29 is 19.5 Å². The van der Waals surface area contributed by atoms with Gasteiger partial charge in [0.25, 0.3) is 0 Å². The summed E-state index contributed by atoms with van der Waals surface area (Å²) in [5.41, 5.74) is -1.19. The van der Waals surface area contributed by atoms with Gasteiger partial charge in [-0.1, -0.05) is 13.8 Å². The highest BCUT2D eigenvalue weighted by Crippen LogP contribution is 2.19. The van der Waals surface area contributed by atoms with Gasteiger partial charge in [-0.25, -0.2) is 4.79 Å². The number of carbonyl (C=O) groups excluding carboxylic acids is 2. The molecule has 0 aliphatic heterocycles. The first-order valence-electron chi connectivity index (χ1n) is 6.76. The topological polar surface area (TPSA) is 98.7 Å². The fraction of sp³-hybridized carbons (Fsp3) is 0.769. The number of carbonyl (C=O) groups is 3. The molecule has 0 heterocycles. The van der Waals surface area contributed by atoms with E-state index in [0.717, 1.165) is 13.1 Å². The number of nitrogens with zero attached hydrogens (tertiary/aromatic N) is 1. The molecule has 0 spiro atoms. The Bertz CT molecular complexity index is 352. The van der Waals surface area contributed by atoms with Gasteiger partial charge < -0.3 is 15.3 Å². The minimum absolute atomic E-state index is 0.244. The fourth-order valence-corrected chi connectivity index (χ4v) is 1.56. The quantitative estimate of drug-likeness (QED) is 0.609. The molecule has 0 rings (SSSR count). The number of imide groups is 1. The molecule has 3 N–H and O–H groups in total. The molecule has 0 aromatic carbocycles. The molecule has 3 amide bonds. The molecule has 7 heteroatoms. The zero-order valence-electron chi connectivity index (χ0n) is 12.7. The predicted molar refractivity (Wildman–Crippen MR) is 75.4 cm³/mol. The number of urea groups is 1. The summed E-state index contributed by atoms with van der Waals surface area (Å²) in [6.07, 6.45) is -0.244. The molecular weight excluding hydrogens is 262 g/mol. The van der Waals surface area contributed by atoms with Gasteiger partial charge in [0.2, 0.25) is 5.91 Å². The van der Waals surface area contributed by atoms with Crippen molar-refractivity contribution in [1.82, 2.24) is 15.5 Å². The second-order valence-corrected chi connectivity index (χ2v) is 5.20. The van der Waals surface area contributed by atoms with Crippen LogP contribution >= 0.6 is 0 Å². The van der Waals surface area contributed by atoms with Crippen LogP contribution in [0.4, 0.5) is 4.79 Å². The third kappa shape index (κ3) is 7.08. The van der Waals surface area contributed by atoms with E-state index in [1.807, 2.05) is 13.8 Å². The van der Waals surface area contributed by atoms with Crippen molar-refractivity contribution in [2.45, 2.75) is 34.1 Å². The first kappa shape index (κ1) is 18.4. The van der Waals surface area contributed by atoms with Gasteiger partial charge in [-0.05, 0) is 26.9 Å². The normalized spacial score (nSPS) is 11.2. The van der Waals surface area contributed by atoms with E-state index in [9.17, 15) is 14.4 Å². The predicted octanol–water partition coefficient (Wildman–Crippen LogP) is 0.655. The van der Waals surface area contributed by atoms with Crippen LogP contribution in [0.3, 0.4) is 0 Å². The standard InChI is InChI=1S/C13H25N3O4/c1-5-16(6-2)8-7-14-12(20)15-10(17)9-13(3,4)11(18)19/h5-9H2,1-4H3,(H,18,19)(H2,14,15,17,20). The summed E-state index contributed by atoms with van der Waals surface area (Å²) in [6.45, 7) is 9.86. The Labute approximate surface area is 119 Å². The summed E-state index contributed by atoms with van der Waals surface area (Å²) >= 11 is 0. The van der Waals surface area contributed by atoms with Crippen LogP contribution in [-0.4, -0.2) is 54.1 Å². The molecule has 0 saturated carbocycles. The maximum absolute atomic E-state index is 11.5. The molecule has 0 saturated heterocycles. The lowest BCUT2D eigenvalue weighted by Gasteiger charge is -2.19. The first-order valence-corrected chi connectivity index (χ1v) is 6.76. The summed E-state index contributed by atoms with van der Waals surface area (Å²) in [5, 5.41) is 13.6. The SMILES string of the molecule is CCN(CC)CCNC(=O)NC(=O)CC(C)(C)C(=O)O. The lowest BCUT2D eigenvalue weighted by atomic mass is 9.89. The maximum atomic E-state index is 11.5. The largest absolute Gasteiger partial charge is 0.481 e. The minimum atomic E-state index is -1.19. The molecule has 0 aliphatic carbocycles. The number of carboxylic acids is 1. The minimum Gasteiger partial charge on any atom is -0.481 e. The zero-order valence-corrected chi connectivity index (χ0v) is 12.7. The van der Waals surface area contributed by atoms with Crippen molar-refractivity contribution in [3.63, 3.8) is 0 Å². The summed E-state index contributed by atoms with van der Waals surface area (Å²) in [7, 11) is 0. The number of carboxylic acid groups (broad SMARTS) is 1. The van der Waals surface area contributed by atoms with Gasteiger partial charge in [0.05, 0.1) is 5.41 Å². The van der Waals surface area contributed by atoms with E-state index in [-0.39, 0.29) is 6.42 Å². The van der Waals surface area contributed by atoms with E-state index in [2.05, 4.69) is 15.5 Å². The summed E-state index contributed by atoms with van der Waals surface area (Å²) in [4.78, 5) is 36.0. The Kier molecular flexibility index (Phi) is 7.83. The van der Waals surface area contributed by atoms with Crippen molar-refractivity contribution in [3.05, 3.63) is 0 Å². The van der Waals surface area contributed by atoms with E-state index < -0.39 is 23.3 Å². The third-order valence-corrected chi connectivity index (χ3v) is 3.04. The average Bonchev–Trinajstić information content (AvgIpc) is 2.33. The Morgan fingerprint density at radius 3 is 2.15 bits per heavy atom. The molecule has 20 heavy (non-hydrogen) atoms. The summed E-state index contributed by atoms with van der Waals surface area (Å²) < 4.78 is 0. The van der Waals surface area contributed by atoms with Crippen molar-refractivity contribution >= 4 is 17.9 Å². The lowest BCUT2D eigenvalue weighted by Crippen LogP contribution is -2.44. The van der Waals surface area contributed by atoms with Crippen LogP contribution in [0, 0.1) is 5.41 Å². The molecule has 0 bridgehead atoms. The Morgan fingerprint density at radius 2 is 1.70 bits per heavy atom.